The molecule has 3 heteroatoms. The highest BCUT2D eigenvalue weighted by molar-refractivity contribution is 4.69. The molecule has 1 heterocycles. The molecule has 3 nitrogen and oxygen atoms in total. The summed E-state index contributed by atoms with van der Waals surface area (Å²) in [6.07, 6.45) is 0. The van der Waals surface area contributed by atoms with Gasteiger partial charge in [0.2, 0.25) is 0 Å². The summed E-state index contributed by atoms with van der Waals surface area (Å²) in [6.45, 7) is 10.5. The molecule has 1 saturated heterocycles. The summed E-state index contributed by atoms with van der Waals surface area (Å²) in [4.78, 5) is 7.28. The first kappa shape index (κ1) is 11.0. The lowest BCUT2D eigenvalue weighted by Crippen LogP contribution is -2.35. The fraction of sp³-hybridized carbons (Fsp3) is 1.00. The maximum Gasteiger partial charge on any atom is 0.0504 e. The van der Waals surface area contributed by atoms with Gasteiger partial charge >= 0.3 is 0 Å². The van der Waals surface area contributed by atoms with E-state index >= 15 is 0 Å². The molecule has 0 bridgehead atoms. The average molecular weight is 185 g/mol. The Balaban J connectivity index is 2.12. The van der Waals surface area contributed by atoms with Gasteiger partial charge < -0.3 is 4.90 Å². The lowest BCUT2D eigenvalue weighted by molar-refractivity contribution is 0.208. The Kier molecular flexibility index (Phi) is 4.16. The van der Waals surface area contributed by atoms with Crippen LogP contribution in [0.5, 0.6) is 0 Å². The molecule has 1 aliphatic rings. The number of hydrogen-bond acceptors (Lipinski definition) is 3. The van der Waals surface area contributed by atoms with E-state index in [1.807, 2.05) is 0 Å². The van der Waals surface area contributed by atoms with Crippen LogP contribution in [0.3, 0.4) is 0 Å². The van der Waals surface area contributed by atoms with Gasteiger partial charge in [-0.25, -0.2) is 0 Å². The molecule has 1 rings (SSSR count). The second-order valence-electron chi connectivity index (χ2n) is 4.41. The van der Waals surface area contributed by atoms with Gasteiger partial charge in [0.25, 0.3) is 0 Å². The minimum atomic E-state index is 0.667. The quantitative estimate of drug-likeness (QED) is 0.632. The van der Waals surface area contributed by atoms with Crippen molar-refractivity contribution in [2.24, 2.45) is 0 Å². The highest BCUT2D eigenvalue weighted by atomic mass is 15.4. The molecule has 0 spiro atoms. The summed E-state index contributed by atoms with van der Waals surface area (Å²) in [5.41, 5.74) is 0. The van der Waals surface area contributed by atoms with Gasteiger partial charge in [0, 0.05) is 32.2 Å². The zero-order valence-corrected chi connectivity index (χ0v) is 9.45. The summed E-state index contributed by atoms with van der Waals surface area (Å²) >= 11 is 0. The molecule has 0 aliphatic carbocycles. The molecule has 13 heavy (non-hydrogen) atoms. The second kappa shape index (κ2) is 4.94. The van der Waals surface area contributed by atoms with Crippen molar-refractivity contribution in [2.45, 2.75) is 19.9 Å². The van der Waals surface area contributed by atoms with E-state index in [0.717, 1.165) is 6.67 Å². The molecule has 0 aromatic rings. The van der Waals surface area contributed by atoms with E-state index in [9.17, 15) is 0 Å². The highest BCUT2D eigenvalue weighted by Gasteiger charge is 2.16. The fourth-order valence-electron chi connectivity index (χ4n) is 1.53. The summed E-state index contributed by atoms with van der Waals surface area (Å²) < 4.78 is 0. The minimum Gasteiger partial charge on any atom is -0.303 e. The Bertz CT molecular complexity index is 147. The third-order valence-corrected chi connectivity index (χ3v) is 2.89. The largest absolute Gasteiger partial charge is 0.303 e. The molecule has 1 fully saturated rings. The van der Waals surface area contributed by atoms with Gasteiger partial charge in [-0.3, -0.25) is 9.80 Å². The Morgan fingerprint density at radius 3 is 2.46 bits per heavy atom. The zero-order chi connectivity index (χ0) is 9.84. The number of likely N-dealkylation sites (N-methyl/N-ethyl adjacent to an activating group) is 2. The fourth-order valence-corrected chi connectivity index (χ4v) is 1.53. The zero-order valence-electron chi connectivity index (χ0n) is 9.45. The van der Waals surface area contributed by atoms with Crippen LogP contribution in [0.15, 0.2) is 0 Å². The minimum absolute atomic E-state index is 0.667. The second-order valence-corrected chi connectivity index (χ2v) is 4.41. The van der Waals surface area contributed by atoms with Crippen molar-refractivity contribution in [1.29, 1.82) is 0 Å². The molecular formula is C10H23N3. The van der Waals surface area contributed by atoms with Crippen molar-refractivity contribution in [1.82, 2.24) is 14.7 Å². The van der Waals surface area contributed by atoms with Gasteiger partial charge in [-0.15, -0.1) is 0 Å². The third kappa shape index (κ3) is 3.63. The number of nitrogens with zero attached hydrogens (tertiary/aromatic N) is 3. The van der Waals surface area contributed by atoms with Crippen molar-refractivity contribution in [3.63, 3.8) is 0 Å². The van der Waals surface area contributed by atoms with E-state index in [2.05, 4.69) is 42.6 Å². The van der Waals surface area contributed by atoms with Crippen molar-refractivity contribution in [2.75, 3.05) is 46.9 Å². The monoisotopic (exact) mass is 185 g/mol. The van der Waals surface area contributed by atoms with Gasteiger partial charge in [-0.2, -0.15) is 0 Å². The first-order valence-corrected chi connectivity index (χ1v) is 5.20. The van der Waals surface area contributed by atoms with E-state index < -0.39 is 0 Å². The topological polar surface area (TPSA) is 9.72 Å². The Morgan fingerprint density at radius 1 is 1.31 bits per heavy atom. The van der Waals surface area contributed by atoms with Gasteiger partial charge in [-0.05, 0) is 27.9 Å². The van der Waals surface area contributed by atoms with E-state index in [1.54, 1.807) is 0 Å². The van der Waals surface area contributed by atoms with Crippen molar-refractivity contribution >= 4 is 0 Å². The number of hydrogen-bond donors (Lipinski definition) is 0. The molecule has 0 saturated carbocycles. The number of rotatable bonds is 4. The van der Waals surface area contributed by atoms with Crippen molar-refractivity contribution in [3.05, 3.63) is 0 Å². The molecule has 1 aliphatic heterocycles. The van der Waals surface area contributed by atoms with E-state index in [1.165, 1.54) is 26.2 Å². The van der Waals surface area contributed by atoms with Crippen LogP contribution < -0.4 is 0 Å². The smallest absolute Gasteiger partial charge is 0.0504 e. The normalized spacial score (nSPS) is 20.8. The first-order chi connectivity index (χ1) is 6.09. The van der Waals surface area contributed by atoms with Crippen molar-refractivity contribution < 1.29 is 0 Å². The highest BCUT2D eigenvalue weighted by Crippen LogP contribution is 2.02. The van der Waals surface area contributed by atoms with Gasteiger partial charge in [0.1, 0.15) is 0 Å². The predicted octanol–water partition coefficient (Wildman–Crippen LogP) is 0.532. The third-order valence-electron chi connectivity index (χ3n) is 2.89. The summed E-state index contributed by atoms with van der Waals surface area (Å²) in [7, 11) is 4.39. The molecular weight excluding hydrogens is 162 g/mol. The lowest BCUT2D eigenvalue weighted by Gasteiger charge is -2.24. The molecule has 0 amide bonds. The van der Waals surface area contributed by atoms with Gasteiger partial charge in [-0.1, -0.05) is 0 Å². The molecule has 0 aromatic heterocycles. The molecule has 0 aromatic carbocycles. The molecule has 0 atom stereocenters. The van der Waals surface area contributed by atoms with Crippen LogP contribution in [0.25, 0.3) is 0 Å². The van der Waals surface area contributed by atoms with Crippen LogP contribution in [-0.4, -0.2) is 67.7 Å². The maximum absolute atomic E-state index is 2.51. The Hall–Kier alpha value is -0.120. The SMILES string of the molecule is CC(C)N(C)CCN1CCN(C)C1. The Labute approximate surface area is 82.3 Å². The van der Waals surface area contributed by atoms with Crippen LogP contribution >= 0.6 is 0 Å². The van der Waals surface area contributed by atoms with E-state index in [-0.39, 0.29) is 0 Å². The standard InChI is InChI=1S/C10H23N3/c1-10(2)12(4)6-8-13-7-5-11(3)9-13/h10H,5-9H2,1-4H3. The summed E-state index contributed by atoms with van der Waals surface area (Å²) in [6, 6.07) is 0.667. The van der Waals surface area contributed by atoms with Gasteiger partial charge in [0.05, 0.1) is 6.67 Å². The van der Waals surface area contributed by atoms with Crippen LogP contribution in [0.2, 0.25) is 0 Å². The molecule has 0 unspecified atom stereocenters. The van der Waals surface area contributed by atoms with Gasteiger partial charge in [0.15, 0.2) is 0 Å². The van der Waals surface area contributed by atoms with E-state index in [4.69, 9.17) is 0 Å². The maximum atomic E-state index is 2.51. The summed E-state index contributed by atoms with van der Waals surface area (Å²) in [5, 5.41) is 0. The van der Waals surface area contributed by atoms with Crippen LogP contribution in [0.4, 0.5) is 0 Å². The Morgan fingerprint density at radius 2 is 2.00 bits per heavy atom. The average Bonchev–Trinajstić information content (AvgIpc) is 2.47. The van der Waals surface area contributed by atoms with Crippen LogP contribution in [-0.2, 0) is 0 Å². The summed E-state index contributed by atoms with van der Waals surface area (Å²) in [5.74, 6) is 0. The molecule has 0 N–H and O–H groups in total. The van der Waals surface area contributed by atoms with Crippen LogP contribution in [0.1, 0.15) is 13.8 Å². The molecule has 0 radical (unpaired) electrons. The van der Waals surface area contributed by atoms with E-state index in [0.29, 0.717) is 6.04 Å². The molecule has 78 valence electrons. The van der Waals surface area contributed by atoms with Crippen LogP contribution in [0, 0.1) is 0 Å². The van der Waals surface area contributed by atoms with Crippen molar-refractivity contribution in [3.8, 4) is 0 Å². The predicted molar refractivity (Wildman–Crippen MR) is 56.8 cm³/mol. The lowest BCUT2D eigenvalue weighted by atomic mass is 10.3. The first-order valence-electron chi connectivity index (χ1n) is 5.20.